The molecule has 0 spiro atoms. The van der Waals surface area contributed by atoms with Gasteiger partial charge in [0.1, 0.15) is 0 Å². The third kappa shape index (κ3) is 3.20. The lowest BCUT2D eigenvalue weighted by Gasteiger charge is -2.17. The van der Waals surface area contributed by atoms with Crippen molar-refractivity contribution in [3.8, 4) is 6.07 Å². The highest BCUT2D eigenvalue weighted by molar-refractivity contribution is 5.84. The zero-order chi connectivity index (χ0) is 11.4. The summed E-state index contributed by atoms with van der Waals surface area (Å²) in [5.74, 6) is -6.76. The number of carbonyl (C=O) groups excluding carboxylic acids is 1. The molecule has 1 unspecified atom stereocenters. The number of nitrogens with zero attached hydrogens (tertiary/aromatic N) is 1. The van der Waals surface area contributed by atoms with Crippen molar-refractivity contribution in [2.45, 2.75) is 31.7 Å². The molecule has 0 aromatic rings. The maximum atomic E-state index is 12.3. The average molecular weight is 212 g/mol. The maximum Gasteiger partial charge on any atom is 0.383 e. The van der Waals surface area contributed by atoms with Gasteiger partial charge in [-0.05, 0) is 6.92 Å². The van der Waals surface area contributed by atoms with Crippen LogP contribution in [-0.2, 0) is 4.79 Å². The van der Waals surface area contributed by atoms with E-state index in [-0.39, 0.29) is 6.42 Å². The van der Waals surface area contributed by atoms with Crippen LogP contribution in [0.3, 0.4) is 0 Å². The molecule has 1 amide bonds. The molecular formula is C7H8F4N2O. The molecule has 1 N–H and O–H groups in total. The quantitative estimate of drug-likeness (QED) is 0.714. The molecule has 3 nitrogen and oxygen atoms in total. The fourth-order valence-electron chi connectivity index (χ4n) is 0.607. The summed E-state index contributed by atoms with van der Waals surface area (Å²) in [4.78, 5) is 10.5. The Morgan fingerprint density at radius 1 is 1.57 bits per heavy atom. The summed E-state index contributed by atoms with van der Waals surface area (Å²) >= 11 is 0. The summed E-state index contributed by atoms with van der Waals surface area (Å²) in [6.07, 6.45) is -4.26. The van der Waals surface area contributed by atoms with Crippen LogP contribution < -0.4 is 5.32 Å². The molecule has 0 rings (SSSR count). The molecule has 0 aromatic carbocycles. The van der Waals surface area contributed by atoms with E-state index in [9.17, 15) is 22.4 Å². The van der Waals surface area contributed by atoms with Gasteiger partial charge in [0, 0.05) is 6.04 Å². The lowest BCUT2D eigenvalue weighted by atomic mass is 10.2. The van der Waals surface area contributed by atoms with Crippen molar-refractivity contribution in [2.75, 3.05) is 0 Å². The summed E-state index contributed by atoms with van der Waals surface area (Å²) in [5.41, 5.74) is 0. The number of alkyl halides is 4. The predicted molar refractivity (Wildman–Crippen MR) is 38.8 cm³/mol. The van der Waals surface area contributed by atoms with Crippen molar-refractivity contribution in [3.63, 3.8) is 0 Å². The minimum absolute atomic E-state index is 0.217. The Morgan fingerprint density at radius 2 is 2.07 bits per heavy atom. The van der Waals surface area contributed by atoms with Gasteiger partial charge in [0.05, 0.1) is 12.5 Å². The van der Waals surface area contributed by atoms with Gasteiger partial charge in [0.2, 0.25) is 0 Å². The third-order valence-electron chi connectivity index (χ3n) is 1.35. The van der Waals surface area contributed by atoms with Crippen molar-refractivity contribution >= 4 is 5.91 Å². The second kappa shape index (κ2) is 4.79. The second-order valence-electron chi connectivity index (χ2n) is 2.66. The number of halogens is 4. The van der Waals surface area contributed by atoms with E-state index in [0.717, 1.165) is 0 Å². The van der Waals surface area contributed by atoms with Crippen LogP contribution in [0.4, 0.5) is 17.6 Å². The minimum atomic E-state index is -4.70. The summed E-state index contributed by atoms with van der Waals surface area (Å²) in [7, 11) is 0. The van der Waals surface area contributed by atoms with Crippen LogP contribution in [0.5, 0.6) is 0 Å². The fourth-order valence-corrected chi connectivity index (χ4v) is 0.607. The second-order valence-corrected chi connectivity index (χ2v) is 2.66. The molecule has 0 saturated heterocycles. The lowest BCUT2D eigenvalue weighted by Crippen LogP contribution is -2.48. The normalized spacial score (nSPS) is 13.5. The zero-order valence-corrected chi connectivity index (χ0v) is 7.23. The Balaban J connectivity index is 4.29. The van der Waals surface area contributed by atoms with Crippen LogP contribution in [0.15, 0.2) is 0 Å². The molecule has 0 aliphatic carbocycles. The van der Waals surface area contributed by atoms with Gasteiger partial charge in [0.25, 0.3) is 5.91 Å². The van der Waals surface area contributed by atoms with Crippen LogP contribution in [0.2, 0.25) is 0 Å². The molecule has 0 aromatic heterocycles. The largest absolute Gasteiger partial charge is 0.383 e. The predicted octanol–water partition coefficient (Wildman–Crippen LogP) is 1.31. The highest BCUT2D eigenvalue weighted by Gasteiger charge is 2.49. The number of hydrogen-bond acceptors (Lipinski definition) is 2. The monoisotopic (exact) mass is 212 g/mol. The highest BCUT2D eigenvalue weighted by atomic mass is 19.3. The van der Waals surface area contributed by atoms with Crippen LogP contribution in [0, 0.1) is 11.3 Å². The van der Waals surface area contributed by atoms with E-state index in [1.807, 2.05) is 0 Å². The fraction of sp³-hybridized carbons (Fsp3) is 0.714. The molecule has 0 aliphatic rings. The van der Waals surface area contributed by atoms with E-state index >= 15 is 0 Å². The van der Waals surface area contributed by atoms with Gasteiger partial charge in [-0.15, -0.1) is 0 Å². The van der Waals surface area contributed by atoms with Gasteiger partial charge in [-0.1, -0.05) is 0 Å². The number of nitrogens with one attached hydrogen (secondary N) is 1. The van der Waals surface area contributed by atoms with Crippen LogP contribution in [0.25, 0.3) is 0 Å². The zero-order valence-electron chi connectivity index (χ0n) is 7.23. The molecule has 0 bridgehead atoms. The molecule has 0 heterocycles. The molecule has 0 saturated carbocycles. The number of nitriles is 1. The number of amides is 1. The molecule has 80 valence electrons. The Hall–Kier alpha value is -1.32. The summed E-state index contributed by atoms with van der Waals surface area (Å²) < 4.78 is 47.8. The molecule has 0 fully saturated rings. The minimum Gasteiger partial charge on any atom is -0.347 e. The van der Waals surface area contributed by atoms with Crippen molar-refractivity contribution in [1.82, 2.24) is 5.32 Å². The van der Waals surface area contributed by atoms with E-state index in [1.165, 1.54) is 6.92 Å². The highest BCUT2D eigenvalue weighted by Crippen LogP contribution is 2.22. The van der Waals surface area contributed by atoms with Crippen LogP contribution in [-0.4, -0.2) is 24.3 Å². The molecule has 7 heteroatoms. The van der Waals surface area contributed by atoms with Gasteiger partial charge < -0.3 is 5.32 Å². The average Bonchev–Trinajstić information content (AvgIpc) is 2.03. The Labute approximate surface area is 77.7 Å². The topological polar surface area (TPSA) is 52.9 Å². The Kier molecular flexibility index (Phi) is 4.34. The Bertz CT molecular complexity index is 249. The van der Waals surface area contributed by atoms with Gasteiger partial charge in [-0.3, -0.25) is 4.79 Å². The molecule has 1 atom stereocenters. The number of carbonyl (C=O) groups is 1. The summed E-state index contributed by atoms with van der Waals surface area (Å²) in [5, 5.41) is 9.74. The smallest absolute Gasteiger partial charge is 0.347 e. The number of rotatable bonds is 4. The first-order chi connectivity index (χ1) is 6.32. The van der Waals surface area contributed by atoms with E-state index in [1.54, 1.807) is 11.4 Å². The summed E-state index contributed by atoms with van der Waals surface area (Å²) in [6, 6.07) is 0.729. The van der Waals surface area contributed by atoms with Crippen molar-refractivity contribution in [2.24, 2.45) is 0 Å². The first-order valence-corrected chi connectivity index (χ1v) is 3.66. The van der Waals surface area contributed by atoms with Gasteiger partial charge in [-0.25, -0.2) is 8.78 Å². The molecular weight excluding hydrogens is 204 g/mol. The molecule has 14 heavy (non-hydrogen) atoms. The first kappa shape index (κ1) is 12.7. The van der Waals surface area contributed by atoms with Crippen molar-refractivity contribution < 1.29 is 22.4 Å². The van der Waals surface area contributed by atoms with Gasteiger partial charge in [-0.2, -0.15) is 14.0 Å². The van der Waals surface area contributed by atoms with E-state index in [0.29, 0.717) is 0 Å². The lowest BCUT2D eigenvalue weighted by molar-refractivity contribution is -0.170. The standard InChI is InChI=1S/C7H8F4N2O/c1-4(2-3-12)13-6(14)7(10,11)5(8)9/h4-5H,2H2,1H3,(H,13,14). The first-order valence-electron chi connectivity index (χ1n) is 3.66. The molecule has 0 radical (unpaired) electrons. The van der Waals surface area contributed by atoms with E-state index in [4.69, 9.17) is 5.26 Å². The molecule has 0 aliphatic heterocycles. The van der Waals surface area contributed by atoms with Crippen molar-refractivity contribution in [3.05, 3.63) is 0 Å². The van der Waals surface area contributed by atoms with E-state index < -0.39 is 24.3 Å². The van der Waals surface area contributed by atoms with Gasteiger partial charge >= 0.3 is 12.3 Å². The van der Waals surface area contributed by atoms with Gasteiger partial charge in [0.15, 0.2) is 0 Å². The van der Waals surface area contributed by atoms with Crippen molar-refractivity contribution in [1.29, 1.82) is 5.26 Å². The number of hydrogen-bond donors (Lipinski definition) is 1. The van der Waals surface area contributed by atoms with E-state index in [2.05, 4.69) is 0 Å². The van der Waals surface area contributed by atoms with Crippen LogP contribution in [0.1, 0.15) is 13.3 Å². The maximum absolute atomic E-state index is 12.3. The SMILES string of the molecule is CC(CC#N)NC(=O)C(F)(F)C(F)F. The Morgan fingerprint density at radius 3 is 2.43 bits per heavy atom. The van der Waals surface area contributed by atoms with Crippen LogP contribution >= 0.6 is 0 Å². The third-order valence-corrected chi connectivity index (χ3v) is 1.35. The summed E-state index contributed by atoms with van der Waals surface area (Å²) in [6.45, 7) is 1.27.